The summed E-state index contributed by atoms with van der Waals surface area (Å²) in [5, 5.41) is 11.0. The van der Waals surface area contributed by atoms with Crippen LogP contribution in [0, 0.1) is 12.8 Å². The van der Waals surface area contributed by atoms with Gasteiger partial charge < -0.3 is 4.90 Å². The van der Waals surface area contributed by atoms with Gasteiger partial charge in [-0.1, -0.05) is 18.2 Å². The fourth-order valence-electron chi connectivity index (χ4n) is 3.40. The summed E-state index contributed by atoms with van der Waals surface area (Å²) < 4.78 is 1.76. The molecule has 0 spiro atoms. The van der Waals surface area contributed by atoms with Crippen molar-refractivity contribution in [3.63, 3.8) is 0 Å². The van der Waals surface area contributed by atoms with Gasteiger partial charge in [0.2, 0.25) is 11.9 Å². The highest BCUT2D eigenvalue weighted by atomic mass is 16.2. The second-order valence-corrected chi connectivity index (χ2v) is 6.88. The summed E-state index contributed by atoms with van der Waals surface area (Å²) in [6.07, 6.45) is 3.13. The fraction of sp³-hybridized carbons (Fsp3) is 0.300. The molecule has 4 rings (SSSR count). The van der Waals surface area contributed by atoms with Crippen LogP contribution in [0.1, 0.15) is 28.8 Å². The molecule has 7 heteroatoms. The Morgan fingerprint density at radius 3 is 2.56 bits per heavy atom. The lowest BCUT2D eigenvalue weighted by Gasteiger charge is -2.31. The Morgan fingerprint density at radius 2 is 1.81 bits per heavy atom. The zero-order valence-electron chi connectivity index (χ0n) is 15.1. The van der Waals surface area contributed by atoms with Crippen LogP contribution in [0.15, 0.2) is 48.7 Å². The van der Waals surface area contributed by atoms with Crippen molar-refractivity contribution < 1.29 is 9.59 Å². The second kappa shape index (κ2) is 7.19. The molecule has 138 valence electrons. The normalized spacial score (nSPS) is 15.1. The van der Waals surface area contributed by atoms with E-state index in [9.17, 15) is 9.59 Å². The predicted octanol–water partition coefficient (Wildman–Crippen LogP) is 2.53. The van der Waals surface area contributed by atoms with E-state index in [-0.39, 0.29) is 17.7 Å². The van der Waals surface area contributed by atoms with E-state index in [1.807, 2.05) is 60.5 Å². The number of amides is 2. The number of nitrogens with zero attached hydrogens (tertiary/aromatic N) is 4. The van der Waals surface area contributed by atoms with Crippen LogP contribution >= 0.6 is 0 Å². The minimum absolute atomic E-state index is 0.0216. The Labute approximate surface area is 157 Å². The lowest BCUT2D eigenvalue weighted by atomic mass is 9.95. The Bertz CT molecular complexity index is 974. The van der Waals surface area contributed by atoms with E-state index in [1.165, 1.54) is 0 Å². The molecule has 2 aromatic heterocycles. The van der Waals surface area contributed by atoms with Gasteiger partial charge in [0.1, 0.15) is 0 Å². The molecule has 1 aliphatic heterocycles. The lowest BCUT2D eigenvalue weighted by molar-refractivity contribution is -0.121. The largest absolute Gasteiger partial charge is 0.339 e. The molecule has 0 saturated carbocycles. The van der Waals surface area contributed by atoms with Crippen LogP contribution in [0.2, 0.25) is 0 Å². The number of hydrogen-bond acceptors (Lipinski definition) is 4. The summed E-state index contributed by atoms with van der Waals surface area (Å²) in [5.74, 6) is 0.241. The maximum Gasteiger partial charge on any atom is 0.253 e. The molecule has 2 amide bonds. The van der Waals surface area contributed by atoms with Gasteiger partial charge in [-0.05, 0) is 49.6 Å². The number of benzene rings is 1. The van der Waals surface area contributed by atoms with Crippen LogP contribution in [-0.4, -0.2) is 44.4 Å². The van der Waals surface area contributed by atoms with E-state index in [1.54, 1.807) is 4.40 Å². The van der Waals surface area contributed by atoms with Crippen molar-refractivity contribution in [2.24, 2.45) is 5.92 Å². The number of anilines is 1. The van der Waals surface area contributed by atoms with Gasteiger partial charge in [-0.25, -0.2) is 0 Å². The van der Waals surface area contributed by atoms with Gasteiger partial charge >= 0.3 is 0 Å². The number of fused-ring (bicyclic) bond motifs is 1. The van der Waals surface area contributed by atoms with E-state index >= 15 is 0 Å². The maximum atomic E-state index is 12.6. The van der Waals surface area contributed by atoms with E-state index in [4.69, 9.17) is 0 Å². The minimum atomic E-state index is -0.136. The summed E-state index contributed by atoms with van der Waals surface area (Å²) >= 11 is 0. The standard InChI is InChI=1S/C20H21N5O2/c1-14-7-12-25-17(13-14)22-23-20(25)21-18(26)15-8-10-24(11-9-15)19(27)16-5-3-2-4-6-16/h2-7,12-13,15H,8-11H2,1H3,(H,21,23,26). The summed E-state index contributed by atoms with van der Waals surface area (Å²) in [6.45, 7) is 3.13. The van der Waals surface area contributed by atoms with Crippen LogP contribution < -0.4 is 5.32 Å². The van der Waals surface area contributed by atoms with Crippen molar-refractivity contribution in [1.29, 1.82) is 0 Å². The van der Waals surface area contributed by atoms with Crippen molar-refractivity contribution in [1.82, 2.24) is 19.5 Å². The number of carbonyl (C=O) groups excluding carboxylic acids is 2. The number of piperidine rings is 1. The van der Waals surface area contributed by atoms with E-state index in [0.717, 1.165) is 5.56 Å². The molecule has 1 aliphatic rings. The van der Waals surface area contributed by atoms with E-state index in [2.05, 4.69) is 15.5 Å². The molecule has 7 nitrogen and oxygen atoms in total. The number of rotatable bonds is 3. The van der Waals surface area contributed by atoms with Crippen LogP contribution in [0.3, 0.4) is 0 Å². The van der Waals surface area contributed by atoms with Crippen LogP contribution in [0.4, 0.5) is 5.95 Å². The van der Waals surface area contributed by atoms with Gasteiger partial charge in [0.15, 0.2) is 5.65 Å². The number of pyridine rings is 1. The third kappa shape index (κ3) is 3.53. The summed E-state index contributed by atoms with van der Waals surface area (Å²) in [6, 6.07) is 13.1. The Hall–Kier alpha value is -3.22. The van der Waals surface area contributed by atoms with Crippen molar-refractivity contribution in [2.75, 3.05) is 18.4 Å². The smallest absolute Gasteiger partial charge is 0.253 e. The fourth-order valence-corrected chi connectivity index (χ4v) is 3.40. The lowest BCUT2D eigenvalue weighted by Crippen LogP contribution is -2.41. The molecular weight excluding hydrogens is 342 g/mol. The highest BCUT2D eigenvalue weighted by Crippen LogP contribution is 2.21. The van der Waals surface area contributed by atoms with Gasteiger partial charge in [-0.3, -0.25) is 19.3 Å². The first kappa shape index (κ1) is 17.2. The molecule has 3 heterocycles. The molecule has 1 N–H and O–H groups in total. The second-order valence-electron chi connectivity index (χ2n) is 6.88. The molecule has 1 fully saturated rings. The summed E-state index contributed by atoms with van der Waals surface area (Å²) in [4.78, 5) is 27.0. The molecule has 1 saturated heterocycles. The number of carbonyl (C=O) groups is 2. The number of hydrogen-bond donors (Lipinski definition) is 1. The number of likely N-dealkylation sites (tertiary alicyclic amines) is 1. The molecule has 0 aliphatic carbocycles. The molecule has 0 unspecified atom stereocenters. The molecule has 3 aromatic rings. The van der Waals surface area contributed by atoms with Crippen LogP contribution in [-0.2, 0) is 4.79 Å². The Balaban J connectivity index is 1.38. The molecule has 0 bridgehead atoms. The van der Waals surface area contributed by atoms with Crippen molar-refractivity contribution in [2.45, 2.75) is 19.8 Å². The highest BCUT2D eigenvalue weighted by molar-refractivity contribution is 5.95. The minimum Gasteiger partial charge on any atom is -0.339 e. The molecule has 27 heavy (non-hydrogen) atoms. The van der Waals surface area contributed by atoms with Crippen molar-refractivity contribution >= 4 is 23.4 Å². The van der Waals surface area contributed by atoms with Gasteiger partial charge in [0, 0.05) is 30.8 Å². The van der Waals surface area contributed by atoms with Crippen LogP contribution in [0.25, 0.3) is 5.65 Å². The molecule has 1 aromatic carbocycles. The SMILES string of the molecule is Cc1ccn2c(NC(=O)C3CCN(C(=O)c4ccccc4)CC3)nnc2c1. The average molecular weight is 363 g/mol. The first-order valence-electron chi connectivity index (χ1n) is 9.08. The zero-order valence-corrected chi connectivity index (χ0v) is 15.1. The number of aryl methyl sites for hydroxylation is 1. The third-order valence-corrected chi connectivity index (χ3v) is 4.97. The van der Waals surface area contributed by atoms with Crippen LogP contribution in [0.5, 0.6) is 0 Å². The van der Waals surface area contributed by atoms with Crippen molar-refractivity contribution in [3.8, 4) is 0 Å². The molecule has 0 radical (unpaired) electrons. The summed E-state index contributed by atoms with van der Waals surface area (Å²) in [7, 11) is 0. The van der Waals surface area contributed by atoms with Gasteiger partial charge in [0.05, 0.1) is 0 Å². The quantitative estimate of drug-likeness (QED) is 0.775. The van der Waals surface area contributed by atoms with Crippen molar-refractivity contribution in [3.05, 3.63) is 59.8 Å². The van der Waals surface area contributed by atoms with E-state index < -0.39 is 0 Å². The monoisotopic (exact) mass is 363 g/mol. The average Bonchev–Trinajstić information content (AvgIpc) is 3.10. The maximum absolute atomic E-state index is 12.6. The van der Waals surface area contributed by atoms with Gasteiger partial charge in [0.25, 0.3) is 5.91 Å². The van der Waals surface area contributed by atoms with E-state index in [0.29, 0.717) is 43.1 Å². The Kier molecular flexibility index (Phi) is 4.58. The van der Waals surface area contributed by atoms with Gasteiger partial charge in [-0.15, -0.1) is 10.2 Å². The number of nitrogens with one attached hydrogen (secondary N) is 1. The predicted molar refractivity (Wildman–Crippen MR) is 101 cm³/mol. The first-order valence-corrected chi connectivity index (χ1v) is 9.08. The zero-order chi connectivity index (χ0) is 18.8. The third-order valence-electron chi connectivity index (χ3n) is 4.97. The Morgan fingerprint density at radius 1 is 1.07 bits per heavy atom. The topological polar surface area (TPSA) is 79.6 Å². The highest BCUT2D eigenvalue weighted by Gasteiger charge is 2.28. The molecule has 0 atom stereocenters. The molecular formula is C20H21N5O2. The van der Waals surface area contributed by atoms with Gasteiger partial charge in [-0.2, -0.15) is 0 Å². The number of aromatic nitrogens is 3. The first-order chi connectivity index (χ1) is 13.1. The summed E-state index contributed by atoms with van der Waals surface area (Å²) in [5.41, 5.74) is 2.47.